The number of aliphatic hydroxyl groups excluding tert-OH is 1. The van der Waals surface area contributed by atoms with Gasteiger partial charge in [0.25, 0.3) is 5.88 Å². The summed E-state index contributed by atoms with van der Waals surface area (Å²) in [7, 11) is 6.72. The molecule has 1 aliphatic rings. The van der Waals surface area contributed by atoms with Crippen molar-refractivity contribution in [3.8, 4) is 5.88 Å². The standard InChI is InChI=1S/C15H19FN8O.C5H9NO2/c1-22-8-17-11-12(18-10-7-23(2)21-14(10)25-3)19-15(20-13(11)22)24-5-4-9(16)6-24;1-4(3-7)5(8)6-2/h7-9H,4-6H2,1-3H3,(H,18,19,20);7H,1,3H2,2H3,(H,6,8). The topological polar surface area (TPSA) is 135 Å². The number of fused-ring (bicyclic) bond motifs is 1. The molecule has 12 nitrogen and oxygen atoms in total. The molecular formula is C20H28FN9O3. The molecule has 4 heterocycles. The molecule has 4 rings (SSSR count). The van der Waals surface area contributed by atoms with Crippen molar-refractivity contribution in [3.05, 3.63) is 24.7 Å². The summed E-state index contributed by atoms with van der Waals surface area (Å²) in [6.07, 6.45) is 3.12. The summed E-state index contributed by atoms with van der Waals surface area (Å²) >= 11 is 0. The largest absolute Gasteiger partial charge is 0.478 e. The lowest BCUT2D eigenvalue weighted by Gasteiger charge is -2.16. The van der Waals surface area contributed by atoms with Crippen molar-refractivity contribution >= 4 is 34.5 Å². The normalized spacial score (nSPS) is 15.2. The molecule has 3 aromatic heterocycles. The summed E-state index contributed by atoms with van der Waals surface area (Å²) in [5.41, 5.74) is 2.17. The van der Waals surface area contributed by atoms with Gasteiger partial charge in [0.15, 0.2) is 17.0 Å². The summed E-state index contributed by atoms with van der Waals surface area (Å²) in [6, 6.07) is 0. The number of imidazole rings is 1. The Kier molecular flexibility index (Phi) is 7.43. The minimum Gasteiger partial charge on any atom is -0.478 e. The van der Waals surface area contributed by atoms with E-state index in [9.17, 15) is 9.18 Å². The molecule has 3 aromatic rings. The summed E-state index contributed by atoms with van der Waals surface area (Å²) < 4.78 is 22.3. The summed E-state index contributed by atoms with van der Waals surface area (Å²) in [4.78, 5) is 25.7. The molecule has 0 aromatic carbocycles. The zero-order valence-corrected chi connectivity index (χ0v) is 19.0. The third-order valence-corrected chi connectivity index (χ3v) is 4.94. The van der Waals surface area contributed by atoms with Crippen LogP contribution in [0.2, 0.25) is 0 Å². The van der Waals surface area contributed by atoms with Crippen LogP contribution in [0.3, 0.4) is 0 Å². The molecule has 0 aliphatic carbocycles. The van der Waals surface area contributed by atoms with Crippen LogP contribution in [0.15, 0.2) is 24.7 Å². The maximum atomic E-state index is 13.6. The number of nitrogens with zero attached hydrogens (tertiary/aromatic N) is 7. The average Bonchev–Trinajstić information content (AvgIpc) is 3.51. The number of carbonyl (C=O) groups excluding carboxylic acids is 1. The number of likely N-dealkylation sites (N-methyl/N-ethyl adjacent to an activating group) is 1. The van der Waals surface area contributed by atoms with Crippen molar-refractivity contribution in [2.24, 2.45) is 14.1 Å². The monoisotopic (exact) mass is 461 g/mol. The van der Waals surface area contributed by atoms with Crippen molar-refractivity contribution in [1.29, 1.82) is 0 Å². The number of rotatable bonds is 6. The van der Waals surface area contributed by atoms with Gasteiger partial charge in [-0.25, -0.2) is 9.37 Å². The second-order valence-corrected chi connectivity index (χ2v) is 7.42. The van der Waals surface area contributed by atoms with Gasteiger partial charge in [0.2, 0.25) is 11.9 Å². The number of hydrogen-bond acceptors (Lipinski definition) is 9. The van der Waals surface area contributed by atoms with E-state index >= 15 is 0 Å². The van der Waals surface area contributed by atoms with E-state index in [1.165, 1.54) is 7.05 Å². The van der Waals surface area contributed by atoms with Gasteiger partial charge < -0.3 is 29.9 Å². The predicted molar refractivity (Wildman–Crippen MR) is 121 cm³/mol. The number of anilines is 3. The first-order chi connectivity index (χ1) is 15.8. The highest BCUT2D eigenvalue weighted by molar-refractivity contribution is 5.92. The van der Waals surface area contributed by atoms with Crippen molar-refractivity contribution < 1.29 is 19.0 Å². The highest BCUT2D eigenvalue weighted by Crippen LogP contribution is 2.30. The van der Waals surface area contributed by atoms with E-state index < -0.39 is 6.17 Å². The SMILES string of the molecule is C=C(CO)C(=O)NC.COc1nn(C)cc1Nc1nc(N2CCC(F)C2)nc2c1ncn2C. The van der Waals surface area contributed by atoms with E-state index in [-0.39, 0.29) is 18.1 Å². The van der Waals surface area contributed by atoms with Crippen molar-refractivity contribution in [3.63, 3.8) is 0 Å². The van der Waals surface area contributed by atoms with E-state index in [1.54, 1.807) is 31.4 Å². The third-order valence-electron chi connectivity index (χ3n) is 4.94. The van der Waals surface area contributed by atoms with Crippen LogP contribution in [0.4, 0.5) is 21.8 Å². The fraction of sp³-hybridized carbons (Fsp3) is 0.450. The Bertz CT molecular complexity index is 1130. The zero-order chi connectivity index (χ0) is 24.1. The van der Waals surface area contributed by atoms with Crippen LogP contribution in [0.25, 0.3) is 11.2 Å². The van der Waals surface area contributed by atoms with Gasteiger partial charge in [0, 0.05) is 33.3 Å². The van der Waals surface area contributed by atoms with Crippen molar-refractivity contribution in [2.45, 2.75) is 12.6 Å². The number of alkyl halides is 1. The Morgan fingerprint density at radius 2 is 2.15 bits per heavy atom. The molecule has 33 heavy (non-hydrogen) atoms. The van der Waals surface area contributed by atoms with Crippen LogP contribution in [-0.2, 0) is 18.9 Å². The molecule has 1 saturated heterocycles. The maximum absolute atomic E-state index is 13.6. The van der Waals surface area contributed by atoms with Gasteiger partial charge in [-0.05, 0) is 6.42 Å². The zero-order valence-electron chi connectivity index (χ0n) is 19.0. The van der Waals surface area contributed by atoms with Gasteiger partial charge in [-0.15, -0.1) is 5.10 Å². The number of aliphatic hydroxyl groups is 1. The van der Waals surface area contributed by atoms with Crippen LogP contribution >= 0.6 is 0 Å². The van der Waals surface area contributed by atoms with Gasteiger partial charge in [-0.2, -0.15) is 9.97 Å². The predicted octanol–water partition coefficient (Wildman–Crippen LogP) is 0.678. The summed E-state index contributed by atoms with van der Waals surface area (Å²) in [6.45, 7) is 3.91. The Morgan fingerprint density at radius 1 is 1.39 bits per heavy atom. The molecule has 1 aliphatic heterocycles. The molecule has 178 valence electrons. The minimum atomic E-state index is -0.847. The molecule has 0 radical (unpaired) electrons. The number of amides is 1. The second kappa shape index (κ2) is 10.3. The van der Waals surface area contributed by atoms with E-state index in [2.05, 4.69) is 37.3 Å². The van der Waals surface area contributed by atoms with Crippen LogP contribution in [0, 0.1) is 0 Å². The number of aryl methyl sites for hydroxylation is 2. The Hall–Kier alpha value is -3.74. The van der Waals surface area contributed by atoms with E-state index in [1.807, 2.05) is 16.5 Å². The van der Waals surface area contributed by atoms with E-state index in [4.69, 9.17) is 9.84 Å². The fourth-order valence-corrected chi connectivity index (χ4v) is 3.20. The maximum Gasteiger partial charge on any atom is 0.256 e. The molecule has 13 heteroatoms. The van der Waals surface area contributed by atoms with Gasteiger partial charge in [-0.3, -0.25) is 9.48 Å². The lowest BCUT2D eigenvalue weighted by molar-refractivity contribution is -0.117. The summed E-state index contributed by atoms with van der Waals surface area (Å²) in [5.74, 6) is 1.17. The van der Waals surface area contributed by atoms with Crippen molar-refractivity contribution in [2.75, 3.05) is 44.1 Å². The number of methoxy groups -OCH3 is 1. The second-order valence-electron chi connectivity index (χ2n) is 7.42. The Morgan fingerprint density at radius 3 is 2.73 bits per heavy atom. The molecule has 0 spiro atoms. The van der Waals surface area contributed by atoms with E-state index in [0.717, 1.165) is 0 Å². The molecule has 1 unspecified atom stereocenters. The number of hydrogen-bond donors (Lipinski definition) is 3. The summed E-state index contributed by atoms with van der Waals surface area (Å²) in [5, 5.41) is 18.0. The smallest absolute Gasteiger partial charge is 0.256 e. The molecule has 1 atom stereocenters. The Labute approximate surface area is 190 Å². The van der Waals surface area contributed by atoms with Gasteiger partial charge in [-0.1, -0.05) is 6.58 Å². The molecule has 3 N–H and O–H groups in total. The number of ether oxygens (including phenoxy) is 1. The molecule has 0 bridgehead atoms. The molecular weight excluding hydrogens is 433 g/mol. The quantitative estimate of drug-likeness (QED) is 0.453. The lowest BCUT2D eigenvalue weighted by atomic mass is 10.3. The number of halogens is 1. The first-order valence-corrected chi connectivity index (χ1v) is 10.2. The van der Waals surface area contributed by atoms with Gasteiger partial charge in [0.1, 0.15) is 11.9 Å². The third kappa shape index (κ3) is 5.37. The minimum absolute atomic E-state index is 0.188. The number of carbonyl (C=O) groups is 1. The first-order valence-electron chi connectivity index (χ1n) is 10.2. The van der Waals surface area contributed by atoms with Crippen LogP contribution in [-0.4, -0.2) is 80.3 Å². The molecule has 0 saturated carbocycles. The van der Waals surface area contributed by atoms with Crippen LogP contribution in [0.1, 0.15) is 6.42 Å². The van der Waals surface area contributed by atoms with E-state index in [0.29, 0.717) is 54.0 Å². The van der Waals surface area contributed by atoms with Crippen molar-refractivity contribution in [1.82, 2.24) is 34.6 Å². The number of nitrogens with one attached hydrogen (secondary N) is 2. The highest BCUT2D eigenvalue weighted by atomic mass is 19.1. The van der Waals surface area contributed by atoms with Gasteiger partial charge >= 0.3 is 0 Å². The number of aromatic nitrogens is 6. The first kappa shape index (κ1) is 23.9. The molecule has 1 fully saturated rings. The fourth-order valence-electron chi connectivity index (χ4n) is 3.20. The average molecular weight is 462 g/mol. The molecule has 1 amide bonds. The lowest BCUT2D eigenvalue weighted by Crippen LogP contribution is -2.23. The highest BCUT2D eigenvalue weighted by Gasteiger charge is 2.26. The Balaban J connectivity index is 0.000000331. The van der Waals surface area contributed by atoms with Crippen LogP contribution in [0.5, 0.6) is 5.88 Å². The van der Waals surface area contributed by atoms with Gasteiger partial charge in [0.05, 0.1) is 32.8 Å². The van der Waals surface area contributed by atoms with Crippen LogP contribution < -0.4 is 20.3 Å².